The Labute approximate surface area is 253 Å². The lowest BCUT2D eigenvalue weighted by molar-refractivity contribution is -0.221. The minimum atomic E-state index is -1.83. The summed E-state index contributed by atoms with van der Waals surface area (Å²) in [6.07, 6.45) is 14.9. The van der Waals surface area contributed by atoms with Gasteiger partial charge in [-0.25, -0.2) is 0 Å². The van der Waals surface area contributed by atoms with E-state index in [1.165, 1.54) is 63.4 Å². The average molecular weight is 583 g/mol. The molecule has 0 radical (unpaired) electrons. The summed E-state index contributed by atoms with van der Waals surface area (Å²) in [4.78, 5) is 2.53. The monoisotopic (exact) mass is 582 g/mol. The summed E-state index contributed by atoms with van der Waals surface area (Å²) in [5, 5.41) is 4.28. The molecule has 6 rings (SSSR count). The highest BCUT2D eigenvalue weighted by molar-refractivity contribution is 8.00. The summed E-state index contributed by atoms with van der Waals surface area (Å²) in [6.45, 7) is 26.7. The molecule has 4 heteroatoms. The van der Waals surface area contributed by atoms with Gasteiger partial charge in [0.1, 0.15) is 0 Å². The van der Waals surface area contributed by atoms with Gasteiger partial charge in [-0.1, -0.05) is 58.4 Å². The van der Waals surface area contributed by atoms with E-state index in [-0.39, 0.29) is 5.54 Å². The highest BCUT2D eigenvalue weighted by Gasteiger charge is 2.70. The molecule has 0 aromatic carbocycles. The van der Waals surface area contributed by atoms with Crippen LogP contribution in [0.3, 0.4) is 0 Å². The van der Waals surface area contributed by atoms with Crippen molar-refractivity contribution in [3.8, 4) is 0 Å². The molecule has 0 spiro atoms. The molecule has 1 heterocycles. The summed E-state index contributed by atoms with van der Waals surface area (Å²) in [5.74, 6) is 9.30. The minimum Gasteiger partial charge on any atom is -0.310 e. The smallest absolute Gasteiger partial charge is 0.0287 e. The molecule has 5 aliphatic carbocycles. The third kappa shape index (κ3) is 4.45. The molecule has 1 saturated heterocycles. The number of hydrogen-bond donors (Lipinski definition) is 1. The van der Waals surface area contributed by atoms with Crippen molar-refractivity contribution in [3.63, 3.8) is 0 Å². The van der Waals surface area contributed by atoms with Crippen molar-refractivity contribution in [2.45, 2.75) is 112 Å². The number of hydrogen-bond acceptors (Lipinski definition) is 3. The largest absolute Gasteiger partial charge is 0.310 e. The second-order valence-corrected chi connectivity index (χ2v) is 20.0. The van der Waals surface area contributed by atoms with Gasteiger partial charge in [0.2, 0.25) is 0 Å². The van der Waals surface area contributed by atoms with Crippen LogP contribution < -0.4 is 5.32 Å². The molecule has 0 amide bonds. The van der Waals surface area contributed by atoms with E-state index in [1.54, 1.807) is 5.57 Å². The molecule has 0 aromatic rings. The molecule has 0 bridgehead atoms. The zero-order chi connectivity index (χ0) is 29.6. The lowest BCUT2D eigenvalue weighted by atomic mass is 9.33. The van der Waals surface area contributed by atoms with Crippen LogP contribution in [0.25, 0.3) is 0 Å². The Balaban J connectivity index is 1.26. The van der Waals surface area contributed by atoms with E-state index >= 15 is 0 Å². The van der Waals surface area contributed by atoms with E-state index in [2.05, 4.69) is 77.2 Å². The Kier molecular flexibility index (Phi) is 7.40. The van der Waals surface area contributed by atoms with Crippen LogP contribution in [0, 0.1) is 51.2 Å². The van der Waals surface area contributed by atoms with Crippen molar-refractivity contribution in [1.82, 2.24) is 10.2 Å². The van der Waals surface area contributed by atoms with Crippen molar-refractivity contribution in [1.29, 1.82) is 0 Å². The molecule has 5 fully saturated rings. The maximum absolute atomic E-state index is 12.4. The molecule has 232 valence electrons. The van der Waals surface area contributed by atoms with Crippen LogP contribution in [0.5, 0.6) is 0 Å². The van der Waals surface area contributed by atoms with Gasteiger partial charge < -0.3 is 10.2 Å². The molecule has 9 atom stereocenters. The van der Waals surface area contributed by atoms with E-state index in [0.29, 0.717) is 33.5 Å². The number of fused-ring (bicyclic) bond motifs is 7. The third-order valence-electron chi connectivity index (χ3n) is 15.5. The highest BCUT2D eigenvalue weighted by atomic mass is 32.2. The van der Waals surface area contributed by atoms with Gasteiger partial charge in [0.25, 0.3) is 0 Å². The Morgan fingerprint density at radius 1 is 0.976 bits per heavy atom. The molecule has 6 aliphatic rings. The number of rotatable bonds is 5. The van der Waals surface area contributed by atoms with Crippen molar-refractivity contribution >= 4 is 15.4 Å². The van der Waals surface area contributed by atoms with Gasteiger partial charge in [-0.05, 0) is 138 Å². The molecular formula is C37H62N2OS. The molecule has 0 unspecified atom stereocenters. The van der Waals surface area contributed by atoms with Crippen LogP contribution >= 0.6 is 0 Å². The standard InChI is InChI=1S/C37H62N2OS/c1-26(2)28-13-17-37(38-20-21-39-22-24-41(9,40)25-23-39)19-18-35(7)29(32(28)37)10-11-31-34(6)15-12-27(3)33(4,5)30(34)14-16-36(31,35)8/h12,28-32,38H,1,9-11,13-25H2,2-8H3/t28-,29+,30-,31+,32+,34-,35+,36+,37-/m0/s1. The first kappa shape index (κ1) is 30.4. The van der Waals surface area contributed by atoms with Crippen LogP contribution in [0.2, 0.25) is 0 Å². The molecule has 4 saturated carbocycles. The second kappa shape index (κ2) is 9.96. The summed E-state index contributed by atoms with van der Waals surface area (Å²) in [7, 11) is -1.83. The maximum Gasteiger partial charge on any atom is 0.0287 e. The van der Waals surface area contributed by atoms with E-state index in [4.69, 9.17) is 0 Å². The van der Waals surface area contributed by atoms with Crippen LogP contribution in [-0.2, 0) is 9.52 Å². The van der Waals surface area contributed by atoms with Gasteiger partial charge in [-0.15, -0.1) is 0 Å². The topological polar surface area (TPSA) is 32.3 Å². The van der Waals surface area contributed by atoms with Crippen LogP contribution in [-0.4, -0.2) is 58.2 Å². The normalized spacial score (nSPS) is 48.8. The van der Waals surface area contributed by atoms with Gasteiger partial charge in [-0.3, -0.25) is 4.21 Å². The summed E-state index contributed by atoms with van der Waals surface area (Å²) < 4.78 is 12.4. The fourth-order valence-corrected chi connectivity index (χ4v) is 14.1. The Morgan fingerprint density at radius 3 is 2.37 bits per heavy atom. The Hall–Kier alpha value is -0.580. The van der Waals surface area contributed by atoms with Crippen LogP contribution in [0.15, 0.2) is 23.8 Å². The van der Waals surface area contributed by atoms with E-state index in [9.17, 15) is 4.21 Å². The lowest BCUT2D eigenvalue weighted by Gasteiger charge is -2.72. The molecule has 1 N–H and O–H groups in total. The van der Waals surface area contributed by atoms with Crippen LogP contribution in [0.1, 0.15) is 106 Å². The first-order valence-electron chi connectivity index (χ1n) is 17.2. The van der Waals surface area contributed by atoms with Gasteiger partial charge in [0, 0.05) is 43.2 Å². The fraction of sp³-hybridized carbons (Fsp3) is 0.865. The first-order chi connectivity index (χ1) is 19.1. The molecule has 1 aliphatic heterocycles. The summed E-state index contributed by atoms with van der Waals surface area (Å²) in [6, 6.07) is 0. The number of nitrogens with one attached hydrogen (secondary N) is 1. The predicted molar refractivity (Wildman–Crippen MR) is 178 cm³/mol. The van der Waals surface area contributed by atoms with Crippen LogP contribution in [0.4, 0.5) is 0 Å². The molecule has 0 aromatic heterocycles. The number of nitrogens with zero attached hydrogens (tertiary/aromatic N) is 1. The quantitative estimate of drug-likeness (QED) is 0.268. The maximum atomic E-state index is 12.4. The molecule has 3 nitrogen and oxygen atoms in total. The summed E-state index contributed by atoms with van der Waals surface area (Å²) >= 11 is 0. The van der Waals surface area contributed by atoms with E-state index in [1.807, 2.05) is 0 Å². The third-order valence-corrected chi connectivity index (χ3v) is 17.4. The van der Waals surface area contributed by atoms with Crippen molar-refractivity contribution < 1.29 is 4.21 Å². The molecular weight excluding hydrogens is 520 g/mol. The van der Waals surface area contributed by atoms with Crippen molar-refractivity contribution in [2.75, 3.05) is 37.7 Å². The van der Waals surface area contributed by atoms with Gasteiger partial charge >= 0.3 is 0 Å². The van der Waals surface area contributed by atoms with Gasteiger partial charge in [0.05, 0.1) is 0 Å². The van der Waals surface area contributed by atoms with Gasteiger partial charge in [0.15, 0.2) is 0 Å². The number of allylic oxidation sites excluding steroid dienone is 3. The van der Waals surface area contributed by atoms with Crippen molar-refractivity contribution in [2.24, 2.45) is 51.2 Å². The van der Waals surface area contributed by atoms with E-state index < -0.39 is 9.52 Å². The van der Waals surface area contributed by atoms with E-state index in [0.717, 1.165) is 55.4 Å². The zero-order valence-electron chi connectivity index (χ0n) is 27.7. The zero-order valence-corrected chi connectivity index (χ0v) is 28.6. The average Bonchev–Trinajstić information content (AvgIpc) is 3.28. The first-order valence-corrected chi connectivity index (χ1v) is 19.3. The van der Waals surface area contributed by atoms with Crippen molar-refractivity contribution in [3.05, 3.63) is 23.8 Å². The predicted octanol–water partition coefficient (Wildman–Crippen LogP) is 7.57. The van der Waals surface area contributed by atoms with Gasteiger partial charge in [-0.2, -0.15) is 0 Å². The SMILES string of the molecule is C=C(C)[C@@H]1CC[C@]2(NCCN3CCS(=C)(=O)CC3)CC[C@]3(C)[C@H](CC[C@@H]4[C@@]5(C)CC=C(C)C(C)(C)[C@@H]5CC[C@]43C)[C@@H]12. The fourth-order valence-electron chi connectivity index (χ4n) is 12.7. The minimum absolute atomic E-state index is 0.264. The molecule has 41 heavy (non-hydrogen) atoms. The Bertz CT molecular complexity index is 1190. The summed E-state index contributed by atoms with van der Waals surface area (Å²) in [5.41, 5.74) is 4.90. The Morgan fingerprint density at radius 2 is 1.68 bits per heavy atom. The highest BCUT2D eigenvalue weighted by Crippen LogP contribution is 2.76. The second-order valence-electron chi connectivity index (χ2n) is 17.3. The lowest BCUT2D eigenvalue weighted by Crippen LogP contribution is -2.68.